The van der Waals surface area contributed by atoms with Gasteiger partial charge in [0.05, 0.1) is 33.9 Å². The molecule has 0 radical (unpaired) electrons. The number of nitrogens with one attached hydrogen (secondary N) is 2. The largest absolute Gasteiger partial charge is 0.397 e. The fraction of sp³-hybridized carbons (Fsp3) is 0.333. The molecule has 186 valence electrons. The van der Waals surface area contributed by atoms with Gasteiger partial charge in [-0.15, -0.1) is 0 Å². The number of nitro benzene ring substituents is 1. The van der Waals surface area contributed by atoms with Crippen LogP contribution in [0.1, 0.15) is 56.6 Å². The highest BCUT2D eigenvalue weighted by Crippen LogP contribution is 2.46. The van der Waals surface area contributed by atoms with Crippen molar-refractivity contribution in [2.24, 2.45) is 5.92 Å². The average molecular weight is 550 g/mol. The number of hydrogen-bond acceptors (Lipinski definition) is 7. The number of para-hydroxylation sites is 1. The molecule has 1 heterocycles. The fourth-order valence-electron chi connectivity index (χ4n) is 5.24. The SMILES string of the molecule is CCCC1CC(=O)C2=C(C1)NC(C)=C(C#N)C2c1cc(N)c(NCc2ccccc2[N+](=O)[O-])c(Br)c1. The van der Waals surface area contributed by atoms with Crippen LogP contribution in [0.2, 0.25) is 0 Å². The van der Waals surface area contributed by atoms with Crippen LogP contribution in [-0.4, -0.2) is 10.7 Å². The molecular formula is C27H28BrN5O3. The predicted molar refractivity (Wildman–Crippen MR) is 143 cm³/mol. The lowest BCUT2D eigenvalue weighted by Gasteiger charge is -2.35. The van der Waals surface area contributed by atoms with E-state index in [1.165, 1.54) is 6.07 Å². The van der Waals surface area contributed by atoms with E-state index in [-0.39, 0.29) is 18.0 Å². The number of benzene rings is 2. The number of nitrogen functional groups attached to an aromatic ring is 1. The van der Waals surface area contributed by atoms with Crippen LogP contribution in [0.4, 0.5) is 17.1 Å². The van der Waals surface area contributed by atoms with E-state index >= 15 is 0 Å². The Balaban J connectivity index is 1.69. The van der Waals surface area contributed by atoms with E-state index in [9.17, 15) is 20.2 Å². The van der Waals surface area contributed by atoms with E-state index in [0.29, 0.717) is 44.9 Å². The van der Waals surface area contributed by atoms with Crippen LogP contribution in [0.5, 0.6) is 0 Å². The van der Waals surface area contributed by atoms with Gasteiger partial charge in [0.25, 0.3) is 5.69 Å². The van der Waals surface area contributed by atoms with E-state index in [1.807, 2.05) is 13.0 Å². The molecule has 2 aromatic carbocycles. The maximum absolute atomic E-state index is 13.3. The summed E-state index contributed by atoms with van der Waals surface area (Å²) in [5.74, 6) is -0.124. The maximum Gasteiger partial charge on any atom is 0.274 e. The second kappa shape index (κ2) is 10.5. The first-order valence-corrected chi connectivity index (χ1v) is 12.7. The zero-order chi connectivity index (χ0) is 26.0. The molecule has 0 saturated heterocycles. The van der Waals surface area contributed by atoms with Gasteiger partial charge in [0.2, 0.25) is 0 Å². The summed E-state index contributed by atoms with van der Waals surface area (Å²) in [6, 6.07) is 12.5. The number of ketones is 1. The van der Waals surface area contributed by atoms with Gasteiger partial charge in [0.1, 0.15) is 0 Å². The molecule has 8 nitrogen and oxygen atoms in total. The monoisotopic (exact) mass is 549 g/mol. The normalized spacial score (nSPS) is 19.4. The second-order valence-electron chi connectivity index (χ2n) is 9.29. The molecule has 1 aliphatic carbocycles. The molecule has 4 N–H and O–H groups in total. The quantitative estimate of drug-likeness (QED) is 0.216. The molecule has 36 heavy (non-hydrogen) atoms. The third-order valence-corrected chi connectivity index (χ3v) is 7.48. The summed E-state index contributed by atoms with van der Waals surface area (Å²) in [4.78, 5) is 24.2. The number of nitro groups is 1. The molecule has 0 spiro atoms. The number of nitriles is 1. The molecule has 0 fully saturated rings. The molecule has 0 bridgehead atoms. The number of rotatable bonds is 7. The molecule has 1 aliphatic heterocycles. The molecule has 2 aromatic rings. The third kappa shape index (κ3) is 4.86. The molecule has 4 rings (SSSR count). The van der Waals surface area contributed by atoms with Gasteiger partial charge >= 0.3 is 0 Å². The van der Waals surface area contributed by atoms with Gasteiger partial charge in [-0.05, 0) is 59.3 Å². The second-order valence-corrected chi connectivity index (χ2v) is 10.1. The minimum atomic E-state index is -0.496. The first kappa shape index (κ1) is 25.5. The summed E-state index contributed by atoms with van der Waals surface area (Å²) < 4.78 is 0.652. The van der Waals surface area contributed by atoms with Crippen LogP contribution in [-0.2, 0) is 11.3 Å². The highest BCUT2D eigenvalue weighted by Gasteiger charge is 2.38. The Kier molecular flexibility index (Phi) is 7.45. The van der Waals surface area contributed by atoms with E-state index in [1.54, 1.807) is 24.3 Å². The number of carbonyl (C=O) groups excluding carboxylic acids is 1. The highest BCUT2D eigenvalue weighted by atomic mass is 79.9. The number of allylic oxidation sites excluding steroid dienone is 4. The molecule has 0 aromatic heterocycles. The Bertz CT molecular complexity index is 1320. The Labute approximate surface area is 218 Å². The molecule has 0 saturated carbocycles. The van der Waals surface area contributed by atoms with Crippen molar-refractivity contribution < 1.29 is 9.72 Å². The topological polar surface area (TPSA) is 134 Å². The van der Waals surface area contributed by atoms with Crippen LogP contribution in [0.25, 0.3) is 0 Å². The summed E-state index contributed by atoms with van der Waals surface area (Å²) >= 11 is 3.58. The molecule has 2 aliphatic rings. The maximum atomic E-state index is 13.3. The van der Waals surface area contributed by atoms with Crippen LogP contribution in [0.3, 0.4) is 0 Å². The van der Waals surface area contributed by atoms with Gasteiger partial charge in [-0.25, -0.2) is 0 Å². The summed E-state index contributed by atoms with van der Waals surface area (Å²) in [6.07, 6.45) is 3.27. The van der Waals surface area contributed by atoms with Gasteiger partial charge < -0.3 is 16.4 Å². The number of nitrogens with zero attached hydrogens (tertiary/aromatic N) is 2. The van der Waals surface area contributed by atoms with Crippen molar-refractivity contribution in [2.75, 3.05) is 11.1 Å². The van der Waals surface area contributed by atoms with Crippen molar-refractivity contribution in [2.45, 2.75) is 52.0 Å². The zero-order valence-corrected chi connectivity index (χ0v) is 21.8. The summed E-state index contributed by atoms with van der Waals surface area (Å²) in [7, 11) is 0. The van der Waals surface area contributed by atoms with Crippen LogP contribution < -0.4 is 16.4 Å². The number of halogens is 1. The van der Waals surface area contributed by atoms with Gasteiger partial charge in [0, 0.05) is 46.0 Å². The number of Topliss-reactive ketones (excluding diaryl/α,β-unsaturated/α-hetero) is 1. The third-order valence-electron chi connectivity index (χ3n) is 6.85. The van der Waals surface area contributed by atoms with E-state index in [0.717, 1.165) is 36.2 Å². The fourth-order valence-corrected chi connectivity index (χ4v) is 5.87. The van der Waals surface area contributed by atoms with Crippen molar-refractivity contribution in [1.29, 1.82) is 5.26 Å². The lowest BCUT2D eigenvalue weighted by Crippen LogP contribution is -2.34. The van der Waals surface area contributed by atoms with Crippen LogP contribution in [0, 0.1) is 27.4 Å². The Hall–Kier alpha value is -3.64. The number of carbonyl (C=O) groups is 1. The molecule has 0 amide bonds. The predicted octanol–water partition coefficient (Wildman–Crippen LogP) is 6.07. The Morgan fingerprint density at radius 1 is 1.31 bits per heavy atom. The van der Waals surface area contributed by atoms with Crippen LogP contribution in [0.15, 0.2) is 63.4 Å². The number of nitrogens with two attached hydrogens (primary N) is 1. The first-order chi connectivity index (χ1) is 17.2. The smallest absolute Gasteiger partial charge is 0.274 e. The summed E-state index contributed by atoms with van der Waals surface area (Å²) in [5.41, 5.74) is 11.6. The molecular weight excluding hydrogens is 522 g/mol. The van der Waals surface area contributed by atoms with Crippen LogP contribution >= 0.6 is 15.9 Å². The number of dihydropyridines is 1. The zero-order valence-electron chi connectivity index (χ0n) is 20.2. The average Bonchev–Trinajstić information content (AvgIpc) is 2.83. The minimum Gasteiger partial charge on any atom is -0.397 e. The van der Waals surface area contributed by atoms with E-state index < -0.39 is 10.8 Å². The minimum absolute atomic E-state index is 0.0296. The molecule has 9 heteroatoms. The summed E-state index contributed by atoms with van der Waals surface area (Å²) in [5, 5.41) is 27.9. The lowest BCUT2D eigenvalue weighted by molar-refractivity contribution is -0.385. The van der Waals surface area contributed by atoms with E-state index in [2.05, 4.69) is 39.6 Å². The molecule has 2 unspecified atom stereocenters. The van der Waals surface area contributed by atoms with Crippen molar-refractivity contribution in [3.05, 3.63) is 84.7 Å². The number of anilines is 2. The lowest BCUT2D eigenvalue weighted by atomic mass is 9.72. The van der Waals surface area contributed by atoms with Crippen molar-refractivity contribution in [3.63, 3.8) is 0 Å². The standard InChI is InChI=1S/C27H28BrN5O3/c1-3-6-16-9-22-26(24(34)10-16)25(19(13-29)15(2)32-22)18-11-20(28)27(21(30)12-18)31-14-17-7-4-5-8-23(17)33(35)36/h4-5,7-8,11-12,16,25,31-32H,3,6,9-10,14,30H2,1-2H3. The van der Waals surface area contributed by atoms with Gasteiger partial charge in [-0.2, -0.15) is 5.26 Å². The Morgan fingerprint density at radius 2 is 2.06 bits per heavy atom. The van der Waals surface area contributed by atoms with Gasteiger partial charge in [0.15, 0.2) is 5.78 Å². The van der Waals surface area contributed by atoms with Crippen molar-refractivity contribution in [1.82, 2.24) is 5.32 Å². The van der Waals surface area contributed by atoms with E-state index in [4.69, 9.17) is 5.73 Å². The summed E-state index contributed by atoms with van der Waals surface area (Å²) in [6.45, 7) is 4.20. The van der Waals surface area contributed by atoms with Crippen molar-refractivity contribution in [3.8, 4) is 6.07 Å². The van der Waals surface area contributed by atoms with Gasteiger partial charge in [-0.3, -0.25) is 14.9 Å². The van der Waals surface area contributed by atoms with Gasteiger partial charge in [-0.1, -0.05) is 31.5 Å². The van der Waals surface area contributed by atoms with Crippen molar-refractivity contribution >= 4 is 38.8 Å². The number of hydrogen-bond donors (Lipinski definition) is 3. The molecule has 2 atom stereocenters. The first-order valence-electron chi connectivity index (χ1n) is 11.9. The Morgan fingerprint density at radius 3 is 2.72 bits per heavy atom. The highest BCUT2D eigenvalue weighted by molar-refractivity contribution is 9.10.